The van der Waals surface area contributed by atoms with Crippen LogP contribution in [0.4, 0.5) is 14.5 Å². The van der Waals surface area contributed by atoms with Gasteiger partial charge >= 0.3 is 5.97 Å². The number of hydrogen-bond acceptors (Lipinski definition) is 4. The van der Waals surface area contributed by atoms with Crippen LogP contribution in [0.1, 0.15) is 43.5 Å². The highest BCUT2D eigenvalue weighted by molar-refractivity contribution is 5.94. The lowest BCUT2D eigenvalue weighted by Crippen LogP contribution is -2.35. The standard InChI is InChI=1S/C17H21F2NO3/c1-3-23-17(22)8-12-4-6-20(7-5-12)16-10-14(18)13(11(2)21)9-15(16)19/h9-10,12H,3-8H2,1-2H3. The molecular weight excluding hydrogens is 304 g/mol. The molecule has 23 heavy (non-hydrogen) atoms. The highest BCUT2D eigenvalue weighted by Crippen LogP contribution is 2.29. The molecule has 4 nitrogen and oxygen atoms in total. The number of Topliss-reactive ketones (excluding diaryl/α,β-unsaturated/α-hetero) is 1. The molecule has 0 saturated carbocycles. The summed E-state index contributed by atoms with van der Waals surface area (Å²) in [6.45, 7) is 4.42. The zero-order valence-corrected chi connectivity index (χ0v) is 13.4. The first kappa shape index (κ1) is 17.4. The number of anilines is 1. The third-order valence-electron chi connectivity index (χ3n) is 4.13. The van der Waals surface area contributed by atoms with Crippen LogP contribution >= 0.6 is 0 Å². The molecule has 1 aromatic rings. The van der Waals surface area contributed by atoms with Crippen molar-refractivity contribution in [2.75, 3.05) is 24.6 Å². The molecule has 0 radical (unpaired) electrons. The molecule has 0 unspecified atom stereocenters. The van der Waals surface area contributed by atoms with Crippen LogP contribution in [-0.2, 0) is 9.53 Å². The van der Waals surface area contributed by atoms with Gasteiger partial charge in [0.1, 0.15) is 11.6 Å². The molecule has 0 N–H and O–H groups in total. The van der Waals surface area contributed by atoms with E-state index in [-0.39, 0.29) is 23.1 Å². The van der Waals surface area contributed by atoms with Crippen LogP contribution in [0.15, 0.2) is 12.1 Å². The minimum absolute atomic E-state index is 0.169. The normalized spacial score (nSPS) is 15.6. The minimum Gasteiger partial charge on any atom is -0.466 e. The van der Waals surface area contributed by atoms with E-state index in [9.17, 15) is 18.4 Å². The van der Waals surface area contributed by atoms with Gasteiger partial charge in [-0.05, 0) is 38.7 Å². The lowest BCUT2D eigenvalue weighted by molar-refractivity contribution is -0.144. The number of benzene rings is 1. The van der Waals surface area contributed by atoms with Crippen molar-refractivity contribution in [3.8, 4) is 0 Å². The van der Waals surface area contributed by atoms with E-state index in [1.54, 1.807) is 11.8 Å². The van der Waals surface area contributed by atoms with E-state index in [1.165, 1.54) is 6.92 Å². The van der Waals surface area contributed by atoms with Crippen molar-refractivity contribution in [1.82, 2.24) is 0 Å². The Morgan fingerprint density at radius 3 is 2.43 bits per heavy atom. The Morgan fingerprint density at radius 1 is 1.22 bits per heavy atom. The van der Waals surface area contributed by atoms with Gasteiger partial charge in [0.05, 0.1) is 17.9 Å². The summed E-state index contributed by atoms with van der Waals surface area (Å²) in [6.07, 6.45) is 1.80. The molecule has 1 aromatic carbocycles. The third kappa shape index (κ3) is 4.27. The first-order valence-electron chi connectivity index (χ1n) is 7.83. The predicted octanol–water partition coefficient (Wildman–Crippen LogP) is 3.34. The summed E-state index contributed by atoms with van der Waals surface area (Å²) in [5.74, 6) is -1.81. The molecule has 1 aliphatic rings. The van der Waals surface area contributed by atoms with E-state index in [0.29, 0.717) is 39.0 Å². The number of nitrogens with zero attached hydrogens (tertiary/aromatic N) is 1. The number of ketones is 1. The number of carbonyl (C=O) groups is 2. The number of carbonyl (C=O) groups excluding carboxylic acids is 2. The summed E-state index contributed by atoms with van der Waals surface area (Å²) >= 11 is 0. The highest BCUT2D eigenvalue weighted by atomic mass is 19.1. The molecule has 2 rings (SSSR count). The monoisotopic (exact) mass is 325 g/mol. The van der Waals surface area contributed by atoms with E-state index in [1.807, 2.05) is 0 Å². The van der Waals surface area contributed by atoms with E-state index in [2.05, 4.69) is 0 Å². The zero-order valence-electron chi connectivity index (χ0n) is 13.4. The maximum absolute atomic E-state index is 14.1. The summed E-state index contributed by atoms with van der Waals surface area (Å²) in [5.41, 5.74) is -0.0643. The van der Waals surface area contributed by atoms with Gasteiger partial charge in [-0.3, -0.25) is 9.59 Å². The highest BCUT2D eigenvalue weighted by Gasteiger charge is 2.25. The Kier molecular flexibility index (Phi) is 5.69. The molecule has 0 amide bonds. The molecule has 1 saturated heterocycles. The summed E-state index contributed by atoms with van der Waals surface area (Å²) in [4.78, 5) is 24.5. The number of esters is 1. The predicted molar refractivity (Wildman–Crippen MR) is 82.5 cm³/mol. The molecule has 6 heteroatoms. The van der Waals surface area contributed by atoms with Crippen LogP contribution in [-0.4, -0.2) is 31.4 Å². The topological polar surface area (TPSA) is 46.6 Å². The van der Waals surface area contributed by atoms with Crippen molar-refractivity contribution in [3.63, 3.8) is 0 Å². The van der Waals surface area contributed by atoms with Gasteiger partial charge in [0.15, 0.2) is 5.78 Å². The fraction of sp³-hybridized carbons (Fsp3) is 0.529. The quantitative estimate of drug-likeness (QED) is 0.615. The molecule has 0 aromatic heterocycles. The minimum atomic E-state index is -0.706. The van der Waals surface area contributed by atoms with Crippen LogP contribution in [0.25, 0.3) is 0 Å². The number of ether oxygens (including phenoxy) is 1. The van der Waals surface area contributed by atoms with Crippen molar-refractivity contribution in [3.05, 3.63) is 29.3 Å². The molecule has 126 valence electrons. The van der Waals surface area contributed by atoms with Gasteiger partial charge in [-0.15, -0.1) is 0 Å². The maximum Gasteiger partial charge on any atom is 0.306 e. The molecule has 0 bridgehead atoms. The summed E-state index contributed by atoms with van der Waals surface area (Å²) in [5, 5.41) is 0. The number of halogens is 2. The Hall–Kier alpha value is -1.98. The van der Waals surface area contributed by atoms with Crippen molar-refractivity contribution >= 4 is 17.4 Å². The third-order valence-corrected chi connectivity index (χ3v) is 4.13. The molecular formula is C17H21F2NO3. The molecule has 0 spiro atoms. The van der Waals surface area contributed by atoms with Gasteiger partial charge in [0.2, 0.25) is 0 Å². The first-order valence-corrected chi connectivity index (χ1v) is 7.83. The Morgan fingerprint density at radius 2 is 1.87 bits per heavy atom. The number of hydrogen-bond donors (Lipinski definition) is 0. The Labute approximate surface area is 134 Å². The van der Waals surface area contributed by atoms with Gasteiger partial charge < -0.3 is 9.64 Å². The van der Waals surface area contributed by atoms with Gasteiger partial charge in [0.25, 0.3) is 0 Å². The molecule has 1 fully saturated rings. The summed E-state index contributed by atoms with van der Waals surface area (Å²) in [7, 11) is 0. The molecule has 0 aliphatic carbocycles. The average Bonchev–Trinajstić information content (AvgIpc) is 2.50. The van der Waals surface area contributed by atoms with Crippen LogP contribution in [0.2, 0.25) is 0 Å². The smallest absolute Gasteiger partial charge is 0.306 e. The summed E-state index contributed by atoms with van der Waals surface area (Å²) in [6, 6.07) is 2.04. The van der Waals surface area contributed by atoms with Crippen LogP contribution < -0.4 is 4.90 Å². The second kappa shape index (κ2) is 7.53. The number of piperidine rings is 1. The zero-order chi connectivity index (χ0) is 17.0. The van der Waals surface area contributed by atoms with E-state index < -0.39 is 17.4 Å². The average molecular weight is 325 g/mol. The Bertz CT molecular complexity index is 596. The second-order valence-electron chi connectivity index (χ2n) is 5.78. The van der Waals surface area contributed by atoms with Gasteiger partial charge in [-0.1, -0.05) is 0 Å². The molecule has 1 heterocycles. The molecule has 0 atom stereocenters. The molecule has 1 aliphatic heterocycles. The van der Waals surface area contributed by atoms with Gasteiger partial charge in [-0.25, -0.2) is 8.78 Å². The first-order chi connectivity index (χ1) is 10.9. The van der Waals surface area contributed by atoms with Crippen molar-refractivity contribution in [2.24, 2.45) is 5.92 Å². The van der Waals surface area contributed by atoms with E-state index in [4.69, 9.17) is 4.74 Å². The van der Waals surface area contributed by atoms with Gasteiger partial charge in [0, 0.05) is 25.6 Å². The van der Waals surface area contributed by atoms with Gasteiger partial charge in [-0.2, -0.15) is 0 Å². The second-order valence-corrected chi connectivity index (χ2v) is 5.78. The van der Waals surface area contributed by atoms with Crippen LogP contribution in [0.3, 0.4) is 0 Å². The fourth-order valence-corrected chi connectivity index (χ4v) is 2.88. The largest absolute Gasteiger partial charge is 0.466 e. The van der Waals surface area contributed by atoms with Crippen molar-refractivity contribution < 1.29 is 23.1 Å². The van der Waals surface area contributed by atoms with Crippen molar-refractivity contribution in [1.29, 1.82) is 0 Å². The van der Waals surface area contributed by atoms with Crippen molar-refractivity contribution in [2.45, 2.75) is 33.1 Å². The van der Waals surface area contributed by atoms with Crippen LogP contribution in [0, 0.1) is 17.6 Å². The maximum atomic E-state index is 14.1. The fourth-order valence-electron chi connectivity index (χ4n) is 2.88. The lowest BCUT2D eigenvalue weighted by Gasteiger charge is -2.33. The SMILES string of the molecule is CCOC(=O)CC1CCN(c2cc(F)c(C(C)=O)cc2F)CC1. The number of rotatable bonds is 5. The Balaban J connectivity index is 2.01. The summed E-state index contributed by atoms with van der Waals surface area (Å²) < 4.78 is 33.0. The van der Waals surface area contributed by atoms with Crippen LogP contribution in [0.5, 0.6) is 0 Å². The lowest BCUT2D eigenvalue weighted by atomic mass is 9.93. The van der Waals surface area contributed by atoms with E-state index in [0.717, 1.165) is 12.1 Å². The van der Waals surface area contributed by atoms with E-state index >= 15 is 0 Å².